The average Bonchev–Trinajstić information content (AvgIpc) is 3.51. The normalized spacial score (nSPS) is 18.1. The Kier molecular flexibility index (Phi) is 8.70. The SMILES string of the molecule is Cc1ccc(C(C)C)c(OCCn2cc(C=C3SC(=Nc4ccc(F)cc4)N(C4CCCCC4)C3=O)c3ccccc32)c1. The molecule has 0 spiro atoms. The second-order valence-electron chi connectivity index (χ2n) is 11.8. The maximum Gasteiger partial charge on any atom is 0.267 e. The van der Waals surface area contributed by atoms with Gasteiger partial charge in [0.15, 0.2) is 5.17 Å². The second kappa shape index (κ2) is 12.8. The van der Waals surface area contributed by atoms with Gasteiger partial charge in [-0.25, -0.2) is 9.38 Å². The summed E-state index contributed by atoms with van der Waals surface area (Å²) in [5.41, 5.74) is 5.14. The van der Waals surface area contributed by atoms with Crippen molar-refractivity contribution >= 4 is 45.5 Å². The molecule has 4 aromatic rings. The first-order chi connectivity index (χ1) is 20.9. The molecule has 0 N–H and O–H groups in total. The van der Waals surface area contributed by atoms with Crippen molar-refractivity contribution in [2.75, 3.05) is 6.61 Å². The van der Waals surface area contributed by atoms with E-state index in [1.807, 2.05) is 23.1 Å². The lowest BCUT2D eigenvalue weighted by atomic mass is 9.94. The zero-order valence-electron chi connectivity index (χ0n) is 25.1. The predicted octanol–water partition coefficient (Wildman–Crippen LogP) is 9.23. The number of amidine groups is 1. The molecule has 0 unspecified atom stereocenters. The van der Waals surface area contributed by atoms with Crippen LogP contribution in [-0.2, 0) is 11.3 Å². The number of nitrogens with zero attached hydrogens (tertiary/aromatic N) is 3. The number of para-hydroxylation sites is 1. The van der Waals surface area contributed by atoms with E-state index in [0.29, 0.717) is 34.8 Å². The molecule has 1 aliphatic carbocycles. The Balaban J connectivity index is 1.29. The number of thioether (sulfide) groups is 1. The molecule has 222 valence electrons. The summed E-state index contributed by atoms with van der Waals surface area (Å²) in [4.78, 5) is 21.3. The van der Waals surface area contributed by atoms with Gasteiger partial charge in [-0.1, -0.05) is 63.4 Å². The summed E-state index contributed by atoms with van der Waals surface area (Å²) in [6.07, 6.45) is 9.49. The molecule has 7 heteroatoms. The van der Waals surface area contributed by atoms with E-state index in [1.54, 1.807) is 12.1 Å². The molecule has 3 aromatic carbocycles. The maximum absolute atomic E-state index is 13.9. The van der Waals surface area contributed by atoms with Crippen LogP contribution >= 0.6 is 11.8 Å². The number of benzene rings is 3. The standard InChI is InChI=1S/C36H38FN3O2S/c1-24(2)30-18-13-25(3)21-33(30)42-20-19-39-23-26(31-11-7-8-12-32(31)39)22-34-35(41)40(29-9-5-4-6-10-29)36(43-34)38-28-16-14-27(37)15-17-28/h7-8,11-18,21-24,29H,4-6,9-10,19-20H2,1-3H3. The van der Waals surface area contributed by atoms with Crippen LogP contribution in [0.1, 0.15) is 68.6 Å². The van der Waals surface area contributed by atoms with Gasteiger partial charge in [-0.15, -0.1) is 0 Å². The zero-order valence-corrected chi connectivity index (χ0v) is 25.9. The van der Waals surface area contributed by atoms with Gasteiger partial charge in [0.05, 0.1) is 17.1 Å². The maximum atomic E-state index is 13.9. The van der Waals surface area contributed by atoms with Crippen LogP contribution in [0.3, 0.4) is 0 Å². The monoisotopic (exact) mass is 595 g/mol. The highest BCUT2D eigenvalue weighted by Gasteiger charge is 2.38. The first kappa shape index (κ1) is 29.2. The Morgan fingerprint density at radius 1 is 1.05 bits per heavy atom. The summed E-state index contributed by atoms with van der Waals surface area (Å²) < 4.78 is 22.1. The largest absolute Gasteiger partial charge is 0.491 e. The number of ether oxygens (including phenoxy) is 1. The molecule has 0 atom stereocenters. The molecule has 2 aliphatic rings. The van der Waals surface area contributed by atoms with Crippen molar-refractivity contribution in [3.05, 3.63) is 100 Å². The number of amides is 1. The van der Waals surface area contributed by atoms with Crippen molar-refractivity contribution in [3.63, 3.8) is 0 Å². The fourth-order valence-corrected chi connectivity index (χ4v) is 7.12. The van der Waals surface area contributed by atoms with Crippen molar-refractivity contribution < 1.29 is 13.9 Å². The number of hydrogen-bond donors (Lipinski definition) is 0. The van der Waals surface area contributed by atoms with E-state index < -0.39 is 0 Å². The van der Waals surface area contributed by atoms with Crippen molar-refractivity contribution in [2.45, 2.75) is 71.4 Å². The van der Waals surface area contributed by atoms with Crippen LogP contribution in [0.5, 0.6) is 5.75 Å². The number of aliphatic imine (C=N–C) groups is 1. The van der Waals surface area contributed by atoms with E-state index in [9.17, 15) is 9.18 Å². The fourth-order valence-electron chi connectivity index (χ4n) is 6.07. The molecule has 1 saturated carbocycles. The van der Waals surface area contributed by atoms with Gasteiger partial charge in [0, 0.05) is 28.7 Å². The Morgan fingerprint density at radius 3 is 2.58 bits per heavy atom. The van der Waals surface area contributed by atoms with Crippen LogP contribution < -0.4 is 4.74 Å². The minimum atomic E-state index is -0.301. The number of hydrogen-bond acceptors (Lipinski definition) is 4. The van der Waals surface area contributed by atoms with Crippen molar-refractivity contribution in [1.29, 1.82) is 0 Å². The van der Waals surface area contributed by atoms with Crippen LogP contribution in [0.25, 0.3) is 17.0 Å². The zero-order chi connectivity index (χ0) is 29.9. The van der Waals surface area contributed by atoms with Crippen molar-refractivity contribution in [3.8, 4) is 5.75 Å². The van der Waals surface area contributed by atoms with Gasteiger partial charge in [-0.2, -0.15) is 0 Å². The van der Waals surface area contributed by atoms with Crippen LogP contribution in [0.2, 0.25) is 0 Å². The topological polar surface area (TPSA) is 46.8 Å². The minimum Gasteiger partial charge on any atom is -0.491 e. The van der Waals surface area contributed by atoms with Gasteiger partial charge < -0.3 is 9.30 Å². The molecule has 43 heavy (non-hydrogen) atoms. The number of rotatable bonds is 8. The Hall–Kier alpha value is -3.84. The number of fused-ring (bicyclic) bond motifs is 1. The van der Waals surface area contributed by atoms with E-state index in [-0.39, 0.29) is 17.8 Å². The number of carbonyl (C=O) groups is 1. The molecule has 1 amide bonds. The predicted molar refractivity (Wildman–Crippen MR) is 175 cm³/mol. The highest BCUT2D eigenvalue weighted by Crippen LogP contribution is 2.39. The smallest absolute Gasteiger partial charge is 0.267 e. The third-order valence-corrected chi connectivity index (χ3v) is 9.30. The van der Waals surface area contributed by atoms with E-state index in [4.69, 9.17) is 9.73 Å². The first-order valence-corrected chi connectivity index (χ1v) is 16.1. The lowest BCUT2D eigenvalue weighted by Crippen LogP contribution is -2.40. The quantitative estimate of drug-likeness (QED) is 0.191. The minimum absolute atomic E-state index is 0.00131. The van der Waals surface area contributed by atoms with Gasteiger partial charge in [0.25, 0.3) is 5.91 Å². The van der Waals surface area contributed by atoms with E-state index in [1.165, 1.54) is 41.4 Å². The summed E-state index contributed by atoms with van der Waals surface area (Å²) in [6, 6.07) is 21.0. The number of aryl methyl sites for hydroxylation is 1. The third kappa shape index (κ3) is 6.42. The van der Waals surface area contributed by atoms with Gasteiger partial charge in [-0.05, 0) is 91.0 Å². The molecular formula is C36H38FN3O2S. The second-order valence-corrected chi connectivity index (χ2v) is 12.8. The molecule has 5 nitrogen and oxygen atoms in total. The number of halogens is 1. The molecule has 6 rings (SSSR count). The van der Waals surface area contributed by atoms with E-state index in [2.05, 4.69) is 61.9 Å². The summed E-state index contributed by atoms with van der Waals surface area (Å²) in [5, 5.41) is 1.76. The van der Waals surface area contributed by atoms with Crippen molar-refractivity contribution in [1.82, 2.24) is 9.47 Å². The van der Waals surface area contributed by atoms with Crippen LogP contribution in [-0.4, -0.2) is 33.2 Å². The van der Waals surface area contributed by atoms with Crippen molar-refractivity contribution in [2.24, 2.45) is 4.99 Å². The third-order valence-electron chi connectivity index (χ3n) is 8.31. The van der Waals surface area contributed by atoms with Crippen LogP contribution in [0.4, 0.5) is 10.1 Å². The van der Waals surface area contributed by atoms with Crippen LogP contribution in [0, 0.1) is 12.7 Å². The number of aromatic nitrogens is 1. The molecule has 0 bridgehead atoms. The molecule has 1 aliphatic heterocycles. The fraction of sp³-hybridized carbons (Fsp3) is 0.333. The summed E-state index contributed by atoms with van der Waals surface area (Å²) in [6.45, 7) is 7.68. The Labute approximate surface area is 257 Å². The van der Waals surface area contributed by atoms with Gasteiger partial charge in [0.2, 0.25) is 0 Å². The molecule has 2 fully saturated rings. The average molecular weight is 596 g/mol. The molecule has 1 saturated heterocycles. The Bertz CT molecular complexity index is 1680. The van der Waals surface area contributed by atoms with Gasteiger partial charge in [0.1, 0.15) is 18.2 Å². The van der Waals surface area contributed by atoms with Gasteiger partial charge >= 0.3 is 0 Å². The molecular weight excluding hydrogens is 557 g/mol. The molecule has 1 aromatic heterocycles. The summed E-state index contributed by atoms with van der Waals surface area (Å²) >= 11 is 1.41. The highest BCUT2D eigenvalue weighted by molar-refractivity contribution is 8.18. The van der Waals surface area contributed by atoms with E-state index in [0.717, 1.165) is 47.9 Å². The highest BCUT2D eigenvalue weighted by atomic mass is 32.2. The van der Waals surface area contributed by atoms with E-state index >= 15 is 0 Å². The summed E-state index contributed by atoms with van der Waals surface area (Å²) in [7, 11) is 0. The lowest BCUT2D eigenvalue weighted by Gasteiger charge is -2.30. The first-order valence-electron chi connectivity index (χ1n) is 15.3. The van der Waals surface area contributed by atoms with Gasteiger partial charge in [-0.3, -0.25) is 9.69 Å². The Morgan fingerprint density at radius 2 is 1.81 bits per heavy atom. The molecule has 0 radical (unpaired) electrons. The lowest BCUT2D eigenvalue weighted by molar-refractivity contribution is -0.124. The summed E-state index contributed by atoms with van der Waals surface area (Å²) in [5.74, 6) is 1.02. The van der Waals surface area contributed by atoms with Crippen LogP contribution in [0.15, 0.2) is 82.8 Å². The number of carbonyl (C=O) groups excluding carboxylic acids is 1. The molecule has 2 heterocycles.